The second-order valence-electron chi connectivity index (χ2n) is 4.37. The van der Waals surface area contributed by atoms with Crippen LogP contribution in [-0.4, -0.2) is 17.1 Å². The second kappa shape index (κ2) is 5.56. The van der Waals surface area contributed by atoms with E-state index in [1.807, 2.05) is 0 Å². The zero-order valence-electron chi connectivity index (χ0n) is 10.6. The van der Waals surface area contributed by atoms with Gasteiger partial charge in [0.05, 0.1) is 0 Å². The Kier molecular flexibility index (Phi) is 5.23. The van der Waals surface area contributed by atoms with Gasteiger partial charge in [-0.15, -0.1) is 0 Å². The van der Waals surface area contributed by atoms with Crippen molar-refractivity contribution in [2.24, 2.45) is 11.3 Å². The first-order valence-corrected chi connectivity index (χ1v) is 5.64. The molecule has 0 rings (SSSR count). The van der Waals surface area contributed by atoms with Crippen LogP contribution in [-0.2, 0) is 4.79 Å². The summed E-state index contributed by atoms with van der Waals surface area (Å²) in [4.78, 5) is 11.4. The summed E-state index contributed by atoms with van der Waals surface area (Å²) < 4.78 is 38.9. The molecule has 2 nitrogen and oxygen atoms in total. The molecule has 0 spiro atoms. The summed E-state index contributed by atoms with van der Waals surface area (Å²) in [6.45, 7) is 5.83. The van der Waals surface area contributed by atoms with Crippen LogP contribution in [0.3, 0.4) is 0 Å². The molecule has 0 aliphatic heterocycles. The van der Waals surface area contributed by atoms with Gasteiger partial charge in [-0.3, -0.25) is 4.79 Å². The number of alkyl halides is 3. The summed E-state index contributed by atoms with van der Waals surface area (Å²) in [5.41, 5.74) is -2.31. The molecule has 0 aromatic rings. The highest BCUT2D eigenvalue weighted by Crippen LogP contribution is 2.48. The van der Waals surface area contributed by atoms with Crippen LogP contribution in [0.5, 0.6) is 0 Å². The van der Waals surface area contributed by atoms with Gasteiger partial charge in [-0.2, -0.15) is 13.2 Å². The van der Waals surface area contributed by atoms with E-state index in [4.69, 9.17) is 0 Å². The molecule has 0 aromatic carbocycles. The minimum absolute atomic E-state index is 0.291. The van der Waals surface area contributed by atoms with Gasteiger partial charge in [0.15, 0.2) is 5.78 Å². The highest BCUT2D eigenvalue weighted by Gasteiger charge is 2.55. The fourth-order valence-corrected chi connectivity index (χ4v) is 1.60. The molecule has 0 saturated carbocycles. The number of aliphatic hydroxyl groups excluding tert-OH is 1. The van der Waals surface area contributed by atoms with E-state index in [1.54, 1.807) is 13.8 Å². The van der Waals surface area contributed by atoms with Crippen LogP contribution < -0.4 is 0 Å². The Bertz CT molecular complexity index is 299. The minimum atomic E-state index is -4.56. The van der Waals surface area contributed by atoms with Crippen molar-refractivity contribution in [2.45, 2.75) is 46.7 Å². The summed E-state index contributed by atoms with van der Waals surface area (Å²) in [6.07, 6.45) is -4.43. The standard InChI is InChI=1S/C12H19F3O2/c1-5-11(6-2,12(13,14)15)10(17)7-9(16)8(3)4/h7-8,17H,5-6H2,1-4H3. The van der Waals surface area contributed by atoms with Crippen molar-refractivity contribution in [1.82, 2.24) is 0 Å². The largest absolute Gasteiger partial charge is 0.511 e. The zero-order chi connectivity index (χ0) is 13.9. The van der Waals surface area contributed by atoms with Gasteiger partial charge in [0.1, 0.15) is 11.2 Å². The van der Waals surface area contributed by atoms with Crippen molar-refractivity contribution >= 4 is 5.78 Å². The topological polar surface area (TPSA) is 37.3 Å². The Morgan fingerprint density at radius 2 is 1.65 bits per heavy atom. The highest BCUT2D eigenvalue weighted by molar-refractivity contribution is 5.91. The summed E-state index contributed by atoms with van der Waals surface area (Å²) >= 11 is 0. The lowest BCUT2D eigenvalue weighted by molar-refractivity contribution is -0.221. The van der Waals surface area contributed by atoms with Crippen LogP contribution in [0.2, 0.25) is 0 Å². The Labute approximate surface area is 99.5 Å². The van der Waals surface area contributed by atoms with E-state index in [1.165, 1.54) is 13.8 Å². The Balaban J connectivity index is 5.43. The maximum atomic E-state index is 13.0. The average molecular weight is 252 g/mol. The molecule has 100 valence electrons. The molecule has 0 atom stereocenters. The summed E-state index contributed by atoms with van der Waals surface area (Å²) in [5, 5.41) is 9.63. The molecule has 0 aliphatic rings. The monoisotopic (exact) mass is 252 g/mol. The van der Waals surface area contributed by atoms with E-state index in [9.17, 15) is 23.1 Å². The molecule has 0 saturated heterocycles. The Morgan fingerprint density at radius 1 is 1.24 bits per heavy atom. The van der Waals surface area contributed by atoms with E-state index in [0.717, 1.165) is 0 Å². The number of carbonyl (C=O) groups is 1. The van der Waals surface area contributed by atoms with Gasteiger partial charge in [-0.05, 0) is 12.8 Å². The van der Waals surface area contributed by atoms with E-state index in [2.05, 4.69) is 0 Å². The molecule has 0 heterocycles. The molecule has 1 N–H and O–H groups in total. The SMILES string of the molecule is CCC(CC)(C(O)=CC(=O)C(C)C)C(F)(F)F. The maximum Gasteiger partial charge on any atom is 0.401 e. The van der Waals surface area contributed by atoms with Crippen LogP contribution in [0.25, 0.3) is 0 Å². The van der Waals surface area contributed by atoms with Crippen LogP contribution in [0.4, 0.5) is 13.2 Å². The average Bonchev–Trinajstić information content (AvgIpc) is 2.17. The van der Waals surface area contributed by atoms with Gasteiger partial charge in [-0.1, -0.05) is 27.7 Å². The van der Waals surface area contributed by atoms with Gasteiger partial charge in [0.2, 0.25) is 0 Å². The lowest BCUT2D eigenvalue weighted by Crippen LogP contribution is -2.39. The van der Waals surface area contributed by atoms with Crippen molar-refractivity contribution < 1.29 is 23.1 Å². The quantitative estimate of drug-likeness (QED) is 0.592. The third-order valence-corrected chi connectivity index (χ3v) is 3.09. The number of ketones is 1. The predicted molar refractivity (Wildman–Crippen MR) is 59.6 cm³/mol. The van der Waals surface area contributed by atoms with Crippen molar-refractivity contribution in [3.8, 4) is 0 Å². The predicted octanol–water partition coefficient (Wildman–Crippen LogP) is 4.02. The Hall–Kier alpha value is -1.00. The first-order chi connectivity index (χ1) is 7.62. The second-order valence-corrected chi connectivity index (χ2v) is 4.37. The fraction of sp³-hybridized carbons (Fsp3) is 0.750. The number of allylic oxidation sites excluding steroid dienone is 2. The molecule has 0 aliphatic carbocycles. The van der Waals surface area contributed by atoms with Gasteiger partial charge in [0.25, 0.3) is 0 Å². The van der Waals surface area contributed by atoms with Crippen molar-refractivity contribution in [2.75, 3.05) is 0 Å². The molecule has 0 amide bonds. The molecule has 0 fully saturated rings. The van der Waals surface area contributed by atoms with E-state index >= 15 is 0 Å². The molecule has 0 radical (unpaired) electrons. The van der Waals surface area contributed by atoms with Crippen LogP contribution in [0.15, 0.2) is 11.8 Å². The number of aliphatic hydroxyl groups is 1. The lowest BCUT2D eigenvalue weighted by Gasteiger charge is -2.33. The van der Waals surface area contributed by atoms with E-state index in [0.29, 0.717) is 6.08 Å². The number of halogens is 3. The molecule has 0 unspecified atom stereocenters. The minimum Gasteiger partial charge on any atom is -0.511 e. The summed E-state index contributed by atoms with van der Waals surface area (Å²) in [6, 6.07) is 0. The summed E-state index contributed by atoms with van der Waals surface area (Å²) in [5.74, 6) is -1.82. The third kappa shape index (κ3) is 3.23. The normalized spacial score (nSPS) is 14.2. The number of hydrogen-bond donors (Lipinski definition) is 1. The van der Waals surface area contributed by atoms with Crippen LogP contribution in [0, 0.1) is 11.3 Å². The van der Waals surface area contributed by atoms with Crippen molar-refractivity contribution in [3.05, 3.63) is 11.8 Å². The highest BCUT2D eigenvalue weighted by atomic mass is 19.4. The molecule has 17 heavy (non-hydrogen) atoms. The number of hydrogen-bond acceptors (Lipinski definition) is 2. The van der Waals surface area contributed by atoms with Gasteiger partial charge >= 0.3 is 6.18 Å². The first kappa shape index (κ1) is 16.0. The van der Waals surface area contributed by atoms with Crippen molar-refractivity contribution in [3.63, 3.8) is 0 Å². The summed E-state index contributed by atoms with van der Waals surface area (Å²) in [7, 11) is 0. The van der Waals surface area contributed by atoms with Gasteiger partial charge in [0, 0.05) is 12.0 Å². The molecular weight excluding hydrogens is 233 g/mol. The van der Waals surface area contributed by atoms with Crippen LogP contribution in [0.1, 0.15) is 40.5 Å². The van der Waals surface area contributed by atoms with Crippen LogP contribution >= 0.6 is 0 Å². The van der Waals surface area contributed by atoms with Gasteiger partial charge < -0.3 is 5.11 Å². The van der Waals surface area contributed by atoms with E-state index < -0.39 is 29.1 Å². The van der Waals surface area contributed by atoms with Crippen molar-refractivity contribution in [1.29, 1.82) is 0 Å². The third-order valence-electron chi connectivity index (χ3n) is 3.09. The van der Waals surface area contributed by atoms with E-state index in [-0.39, 0.29) is 12.8 Å². The smallest absolute Gasteiger partial charge is 0.401 e. The molecule has 5 heteroatoms. The lowest BCUT2D eigenvalue weighted by atomic mass is 9.79. The fourth-order valence-electron chi connectivity index (χ4n) is 1.60. The first-order valence-electron chi connectivity index (χ1n) is 5.64. The number of rotatable bonds is 5. The maximum absolute atomic E-state index is 13.0. The molecular formula is C12H19F3O2. The zero-order valence-corrected chi connectivity index (χ0v) is 10.6. The molecule has 0 aromatic heterocycles. The van der Waals surface area contributed by atoms with Gasteiger partial charge in [-0.25, -0.2) is 0 Å². The molecule has 0 bridgehead atoms. The Morgan fingerprint density at radius 3 is 1.88 bits per heavy atom. The number of carbonyl (C=O) groups excluding carboxylic acids is 1.